The van der Waals surface area contributed by atoms with Crippen molar-refractivity contribution in [2.24, 2.45) is 4.99 Å². The Morgan fingerprint density at radius 1 is 1.05 bits per heavy atom. The molecule has 1 aliphatic rings. The van der Waals surface area contributed by atoms with Crippen LogP contribution in [0.1, 0.15) is 11.1 Å². The molecule has 0 bridgehead atoms. The van der Waals surface area contributed by atoms with Crippen molar-refractivity contribution in [2.75, 3.05) is 11.9 Å². The number of benzene rings is 2. The zero-order valence-electron chi connectivity index (χ0n) is 11.0. The molecule has 2 aromatic carbocycles. The molecule has 1 heterocycles. The molecule has 0 aromatic heterocycles. The first-order valence-corrected chi connectivity index (χ1v) is 7.42. The SMILES string of the molecule is Fc1cccc(F)c1C1=NCC(=S)Nc2ccc(Cl)c(Cl)c21. The lowest BCUT2D eigenvalue weighted by Gasteiger charge is -2.14. The van der Waals surface area contributed by atoms with Gasteiger partial charge in [0.1, 0.15) is 16.6 Å². The van der Waals surface area contributed by atoms with Crippen LogP contribution in [0.5, 0.6) is 0 Å². The summed E-state index contributed by atoms with van der Waals surface area (Å²) in [6.07, 6.45) is 0. The normalized spacial score (nSPS) is 14.0. The van der Waals surface area contributed by atoms with Crippen LogP contribution in [-0.4, -0.2) is 17.2 Å². The van der Waals surface area contributed by atoms with Crippen molar-refractivity contribution in [2.45, 2.75) is 0 Å². The van der Waals surface area contributed by atoms with Gasteiger partial charge in [0.2, 0.25) is 0 Å². The molecule has 0 saturated heterocycles. The highest BCUT2D eigenvalue weighted by atomic mass is 35.5. The molecule has 3 rings (SSSR count). The minimum Gasteiger partial charge on any atom is -0.348 e. The standard InChI is InChI=1S/C15H8Cl2F2N2S/c16-7-4-5-10-13(14(7)17)15(20-6-11(22)21-10)12-8(18)2-1-3-9(12)19/h1-5H,6H2,(H,21,22). The molecule has 0 amide bonds. The predicted molar refractivity (Wildman–Crippen MR) is 89.5 cm³/mol. The fourth-order valence-corrected chi connectivity index (χ4v) is 2.82. The van der Waals surface area contributed by atoms with Gasteiger partial charge in [0.05, 0.1) is 27.9 Å². The fraction of sp³-hybridized carbons (Fsp3) is 0.0667. The van der Waals surface area contributed by atoms with E-state index in [0.717, 1.165) is 12.1 Å². The van der Waals surface area contributed by atoms with Crippen molar-refractivity contribution in [1.29, 1.82) is 0 Å². The van der Waals surface area contributed by atoms with Gasteiger partial charge in [-0.15, -0.1) is 0 Å². The predicted octanol–water partition coefficient (Wildman–Crippen LogP) is 4.86. The molecule has 0 fully saturated rings. The highest BCUT2D eigenvalue weighted by Gasteiger charge is 2.25. The number of nitrogens with one attached hydrogen (secondary N) is 1. The maximum atomic E-state index is 14.1. The molecular formula is C15H8Cl2F2N2S. The van der Waals surface area contributed by atoms with Crippen molar-refractivity contribution in [1.82, 2.24) is 0 Å². The molecule has 0 aliphatic carbocycles. The molecule has 7 heteroatoms. The number of anilines is 1. The van der Waals surface area contributed by atoms with E-state index in [0.29, 0.717) is 16.2 Å². The zero-order valence-corrected chi connectivity index (χ0v) is 13.3. The van der Waals surface area contributed by atoms with Crippen LogP contribution >= 0.6 is 35.4 Å². The van der Waals surface area contributed by atoms with Gasteiger partial charge in [0.15, 0.2) is 0 Å². The molecule has 22 heavy (non-hydrogen) atoms. The maximum Gasteiger partial charge on any atom is 0.135 e. The first-order valence-electron chi connectivity index (χ1n) is 6.26. The molecule has 112 valence electrons. The molecule has 2 nitrogen and oxygen atoms in total. The minimum atomic E-state index is -0.728. The Morgan fingerprint density at radius 2 is 1.73 bits per heavy atom. The highest BCUT2D eigenvalue weighted by Crippen LogP contribution is 2.35. The van der Waals surface area contributed by atoms with Crippen LogP contribution in [-0.2, 0) is 0 Å². The Labute approximate surface area is 140 Å². The third-order valence-corrected chi connectivity index (χ3v) is 4.22. The van der Waals surface area contributed by atoms with E-state index in [-0.39, 0.29) is 27.9 Å². The van der Waals surface area contributed by atoms with Gasteiger partial charge in [-0.05, 0) is 24.3 Å². The second-order valence-corrected chi connectivity index (χ2v) is 5.87. The number of benzodiazepines with no additional fused rings is 1. The second kappa shape index (κ2) is 5.91. The van der Waals surface area contributed by atoms with Crippen LogP contribution in [0.4, 0.5) is 14.5 Å². The van der Waals surface area contributed by atoms with Crippen LogP contribution in [0.25, 0.3) is 0 Å². The number of hydrogen-bond donors (Lipinski definition) is 1. The largest absolute Gasteiger partial charge is 0.348 e. The fourth-order valence-electron chi connectivity index (χ4n) is 2.23. The molecular weight excluding hydrogens is 349 g/mol. The van der Waals surface area contributed by atoms with Gasteiger partial charge >= 0.3 is 0 Å². The number of nitrogens with zero attached hydrogens (tertiary/aromatic N) is 1. The van der Waals surface area contributed by atoms with E-state index < -0.39 is 11.6 Å². The molecule has 0 radical (unpaired) electrons. The Morgan fingerprint density at radius 3 is 2.41 bits per heavy atom. The van der Waals surface area contributed by atoms with Crippen LogP contribution < -0.4 is 5.32 Å². The van der Waals surface area contributed by atoms with Crippen molar-refractivity contribution in [3.8, 4) is 0 Å². The van der Waals surface area contributed by atoms with Gasteiger partial charge in [0, 0.05) is 11.3 Å². The Bertz CT molecular complexity index is 801. The van der Waals surface area contributed by atoms with Crippen molar-refractivity contribution in [3.05, 3.63) is 63.1 Å². The summed E-state index contributed by atoms with van der Waals surface area (Å²) in [5.74, 6) is -1.46. The van der Waals surface area contributed by atoms with Crippen molar-refractivity contribution >= 4 is 51.8 Å². The Kier molecular flexibility index (Phi) is 4.12. The summed E-state index contributed by atoms with van der Waals surface area (Å²) in [6.45, 7) is 0.0983. The lowest BCUT2D eigenvalue weighted by Crippen LogP contribution is -2.11. The van der Waals surface area contributed by atoms with Gasteiger partial charge in [-0.1, -0.05) is 41.5 Å². The van der Waals surface area contributed by atoms with Crippen molar-refractivity contribution in [3.63, 3.8) is 0 Å². The first-order chi connectivity index (χ1) is 10.5. The second-order valence-electron chi connectivity index (χ2n) is 4.59. The molecule has 0 unspecified atom stereocenters. The molecule has 1 aliphatic heterocycles. The summed E-state index contributed by atoms with van der Waals surface area (Å²) in [5.41, 5.74) is 0.682. The van der Waals surface area contributed by atoms with Crippen LogP contribution in [0.2, 0.25) is 10.0 Å². The summed E-state index contributed by atoms with van der Waals surface area (Å²) in [7, 11) is 0. The molecule has 0 atom stereocenters. The molecule has 2 aromatic rings. The van der Waals surface area contributed by atoms with E-state index >= 15 is 0 Å². The molecule has 1 N–H and O–H groups in total. The monoisotopic (exact) mass is 356 g/mol. The summed E-state index contributed by atoms with van der Waals surface area (Å²) in [5, 5.41) is 3.39. The highest BCUT2D eigenvalue weighted by molar-refractivity contribution is 7.80. The summed E-state index contributed by atoms with van der Waals surface area (Å²) < 4.78 is 28.3. The number of halogens is 4. The van der Waals surface area contributed by atoms with E-state index in [2.05, 4.69) is 10.3 Å². The van der Waals surface area contributed by atoms with E-state index in [1.54, 1.807) is 12.1 Å². The Balaban J connectivity index is 2.34. The topological polar surface area (TPSA) is 24.4 Å². The molecule has 0 spiro atoms. The van der Waals surface area contributed by atoms with Gasteiger partial charge in [-0.3, -0.25) is 4.99 Å². The number of hydrogen-bond acceptors (Lipinski definition) is 2. The van der Waals surface area contributed by atoms with E-state index in [4.69, 9.17) is 35.4 Å². The van der Waals surface area contributed by atoms with Crippen LogP contribution in [0.15, 0.2) is 35.3 Å². The average molecular weight is 357 g/mol. The lowest BCUT2D eigenvalue weighted by atomic mass is 9.99. The quantitative estimate of drug-likeness (QED) is 0.737. The summed E-state index contributed by atoms with van der Waals surface area (Å²) in [6, 6.07) is 6.84. The third-order valence-electron chi connectivity index (χ3n) is 3.19. The minimum absolute atomic E-state index is 0.0884. The number of rotatable bonds is 1. The lowest BCUT2D eigenvalue weighted by molar-refractivity contribution is 0.579. The van der Waals surface area contributed by atoms with Crippen LogP contribution in [0, 0.1) is 11.6 Å². The first kappa shape index (κ1) is 15.3. The van der Waals surface area contributed by atoms with E-state index in [1.165, 1.54) is 6.07 Å². The average Bonchev–Trinajstić information content (AvgIpc) is 2.63. The van der Waals surface area contributed by atoms with Gasteiger partial charge in [-0.25, -0.2) is 8.78 Å². The summed E-state index contributed by atoms with van der Waals surface area (Å²) in [4.78, 5) is 4.65. The Hall–Kier alpha value is -1.56. The van der Waals surface area contributed by atoms with Gasteiger partial charge < -0.3 is 5.32 Å². The number of thiocarbonyl (C=S) groups is 1. The van der Waals surface area contributed by atoms with Gasteiger partial charge in [0.25, 0.3) is 0 Å². The number of fused-ring (bicyclic) bond motifs is 1. The van der Waals surface area contributed by atoms with Gasteiger partial charge in [-0.2, -0.15) is 0 Å². The van der Waals surface area contributed by atoms with Crippen molar-refractivity contribution < 1.29 is 8.78 Å². The number of aliphatic imine (C=N–C) groups is 1. The third kappa shape index (κ3) is 2.60. The molecule has 0 saturated carbocycles. The van der Waals surface area contributed by atoms with Crippen LogP contribution in [0.3, 0.4) is 0 Å². The van der Waals surface area contributed by atoms with E-state index in [1.807, 2.05) is 0 Å². The maximum absolute atomic E-state index is 14.1. The van der Waals surface area contributed by atoms with E-state index in [9.17, 15) is 8.78 Å². The zero-order chi connectivity index (χ0) is 15.9. The smallest absolute Gasteiger partial charge is 0.135 e. The summed E-state index contributed by atoms with van der Waals surface area (Å²) >= 11 is 17.4.